The van der Waals surface area contributed by atoms with Crippen molar-refractivity contribution in [3.8, 4) is 11.5 Å². The van der Waals surface area contributed by atoms with Gasteiger partial charge < -0.3 is 15.5 Å². The first-order valence-electron chi connectivity index (χ1n) is 8.56. The average Bonchev–Trinajstić information content (AvgIpc) is 2.69. The quantitative estimate of drug-likeness (QED) is 0.306. The number of aromatic hydroxyl groups is 2. The summed E-state index contributed by atoms with van der Waals surface area (Å²) in [6, 6.07) is 17.8. The van der Waals surface area contributed by atoms with Crippen LogP contribution in [0.3, 0.4) is 0 Å². The highest BCUT2D eigenvalue weighted by Crippen LogP contribution is 2.44. The molecule has 7 heteroatoms. The topological polar surface area (TPSA) is 94.0 Å². The highest BCUT2D eigenvalue weighted by atomic mass is 32.2. The molecule has 0 bridgehead atoms. The van der Waals surface area contributed by atoms with E-state index in [-0.39, 0.29) is 17.1 Å². The molecule has 1 aliphatic rings. The summed E-state index contributed by atoms with van der Waals surface area (Å²) in [5.41, 5.74) is 6.00. The van der Waals surface area contributed by atoms with E-state index in [2.05, 4.69) is 21.9 Å². The van der Waals surface area contributed by atoms with Gasteiger partial charge in [0, 0.05) is 15.9 Å². The Morgan fingerprint density at radius 3 is 2.61 bits per heavy atom. The smallest absolute Gasteiger partial charge is 0.275 e. The number of hydrogen-bond donors (Lipinski definition) is 4. The van der Waals surface area contributed by atoms with Gasteiger partial charge in [0.1, 0.15) is 11.5 Å². The molecule has 0 spiro atoms. The Kier molecular flexibility index (Phi) is 4.67. The van der Waals surface area contributed by atoms with Gasteiger partial charge in [-0.2, -0.15) is 5.10 Å². The molecular weight excluding hydrogens is 374 g/mol. The van der Waals surface area contributed by atoms with E-state index in [0.717, 1.165) is 27.9 Å². The number of nitrogens with zero attached hydrogens (tertiary/aromatic N) is 1. The third kappa shape index (κ3) is 3.52. The Balaban J connectivity index is 1.52. The first kappa shape index (κ1) is 17.9. The van der Waals surface area contributed by atoms with E-state index >= 15 is 0 Å². The first-order chi connectivity index (χ1) is 13.5. The van der Waals surface area contributed by atoms with Gasteiger partial charge in [0.2, 0.25) is 0 Å². The fraction of sp³-hybridized carbons (Fsp3) is 0.0476. The Morgan fingerprint density at radius 1 is 1.00 bits per heavy atom. The van der Waals surface area contributed by atoms with Crippen LogP contribution in [0.2, 0.25) is 0 Å². The summed E-state index contributed by atoms with van der Waals surface area (Å²) in [4.78, 5) is 14.5. The second kappa shape index (κ2) is 7.28. The number of fused-ring (bicyclic) bond motifs is 2. The molecule has 140 valence electrons. The molecule has 3 aromatic rings. The number of amides is 1. The van der Waals surface area contributed by atoms with Gasteiger partial charge in [-0.15, -0.1) is 0 Å². The monoisotopic (exact) mass is 391 g/mol. The van der Waals surface area contributed by atoms with Crippen LogP contribution in [0.4, 0.5) is 11.4 Å². The molecular formula is C21H17N3O3S. The van der Waals surface area contributed by atoms with Gasteiger partial charge in [-0.05, 0) is 48.9 Å². The van der Waals surface area contributed by atoms with Gasteiger partial charge in [-0.1, -0.05) is 30.0 Å². The fourth-order valence-electron chi connectivity index (χ4n) is 2.84. The van der Waals surface area contributed by atoms with Crippen molar-refractivity contribution in [3.63, 3.8) is 0 Å². The molecule has 0 atom stereocenters. The Hall–Kier alpha value is -3.45. The summed E-state index contributed by atoms with van der Waals surface area (Å²) in [6.45, 7) is 1.79. The molecule has 4 N–H and O–H groups in total. The molecule has 0 aromatic heterocycles. The van der Waals surface area contributed by atoms with Gasteiger partial charge >= 0.3 is 0 Å². The molecule has 0 saturated carbocycles. The second-order valence-electron chi connectivity index (χ2n) is 6.27. The number of carbonyl (C=O) groups is 1. The van der Waals surface area contributed by atoms with Gasteiger partial charge in [0.05, 0.1) is 22.6 Å². The summed E-state index contributed by atoms with van der Waals surface area (Å²) in [7, 11) is 0. The largest absolute Gasteiger partial charge is 0.508 e. The molecule has 0 aliphatic carbocycles. The zero-order chi connectivity index (χ0) is 19.7. The van der Waals surface area contributed by atoms with Crippen LogP contribution in [0.15, 0.2) is 75.6 Å². The molecule has 28 heavy (non-hydrogen) atoms. The molecule has 1 heterocycles. The van der Waals surface area contributed by atoms with Crippen molar-refractivity contribution in [2.45, 2.75) is 16.7 Å². The summed E-state index contributed by atoms with van der Waals surface area (Å²) in [5.74, 6) is -0.980. The molecule has 6 nitrogen and oxygen atoms in total. The number of anilines is 2. The highest BCUT2D eigenvalue weighted by molar-refractivity contribution is 7.99. The average molecular weight is 391 g/mol. The maximum atomic E-state index is 12.2. The summed E-state index contributed by atoms with van der Waals surface area (Å²) in [6.07, 6.45) is 0. The number of nitrogens with one attached hydrogen (secondary N) is 2. The highest BCUT2D eigenvalue weighted by Gasteiger charge is 2.16. The van der Waals surface area contributed by atoms with Crippen molar-refractivity contribution in [1.82, 2.24) is 5.43 Å². The lowest BCUT2D eigenvalue weighted by atomic mass is 10.1. The van der Waals surface area contributed by atoms with Gasteiger partial charge in [-0.3, -0.25) is 4.79 Å². The molecule has 0 saturated heterocycles. The Labute approximate surface area is 165 Å². The van der Waals surface area contributed by atoms with E-state index in [1.54, 1.807) is 18.7 Å². The number of rotatable bonds is 3. The van der Waals surface area contributed by atoms with Crippen LogP contribution in [-0.2, 0) is 0 Å². The third-order valence-electron chi connectivity index (χ3n) is 4.32. The fourth-order valence-corrected chi connectivity index (χ4v) is 3.80. The SMILES string of the molecule is C/C(=N\NC(=O)c1ccc(O)cc1O)c1ccc2c(c1)Nc1ccccc1S2. The number of hydrogen-bond acceptors (Lipinski definition) is 6. The predicted molar refractivity (Wildman–Crippen MR) is 110 cm³/mol. The van der Waals surface area contributed by atoms with E-state index in [1.165, 1.54) is 17.0 Å². The normalized spacial score (nSPS) is 12.5. The summed E-state index contributed by atoms with van der Waals surface area (Å²) >= 11 is 1.70. The second-order valence-corrected chi connectivity index (χ2v) is 7.36. The van der Waals surface area contributed by atoms with E-state index in [1.807, 2.05) is 36.4 Å². The number of carbonyl (C=O) groups excluding carboxylic acids is 1. The number of phenolic OH excluding ortho intramolecular Hbond substituents is 2. The predicted octanol–water partition coefficient (Wildman–Crippen LogP) is 4.46. The lowest BCUT2D eigenvalue weighted by Gasteiger charge is -2.21. The van der Waals surface area contributed by atoms with Gasteiger partial charge in [0.25, 0.3) is 5.91 Å². The van der Waals surface area contributed by atoms with Gasteiger partial charge in [-0.25, -0.2) is 5.43 Å². The minimum absolute atomic E-state index is 0.0365. The maximum Gasteiger partial charge on any atom is 0.275 e. The Bertz CT molecular complexity index is 1110. The van der Waals surface area contributed by atoms with Crippen LogP contribution in [0.25, 0.3) is 0 Å². The number of phenols is 2. The van der Waals surface area contributed by atoms with Crippen molar-refractivity contribution >= 4 is 34.8 Å². The molecule has 0 fully saturated rings. The first-order valence-corrected chi connectivity index (χ1v) is 9.38. The number of benzene rings is 3. The number of hydrazone groups is 1. The molecule has 1 aliphatic heterocycles. The van der Waals surface area contributed by atoms with Crippen molar-refractivity contribution < 1.29 is 15.0 Å². The minimum atomic E-state index is -0.558. The minimum Gasteiger partial charge on any atom is -0.508 e. The molecule has 0 unspecified atom stereocenters. The van der Waals surface area contributed by atoms with E-state index in [9.17, 15) is 15.0 Å². The zero-order valence-electron chi connectivity index (χ0n) is 14.9. The zero-order valence-corrected chi connectivity index (χ0v) is 15.7. The van der Waals surface area contributed by atoms with E-state index < -0.39 is 5.91 Å². The summed E-state index contributed by atoms with van der Waals surface area (Å²) < 4.78 is 0. The van der Waals surface area contributed by atoms with Crippen LogP contribution < -0.4 is 10.7 Å². The molecule has 4 rings (SSSR count). The van der Waals surface area contributed by atoms with Gasteiger partial charge in [0.15, 0.2) is 0 Å². The standard InChI is InChI=1S/C21H17N3O3S/c1-12(23-24-21(27)15-8-7-14(25)11-18(15)26)13-6-9-20-17(10-13)22-16-4-2-3-5-19(16)28-20/h2-11,22,25-26H,1H3,(H,24,27)/b23-12+. The summed E-state index contributed by atoms with van der Waals surface area (Å²) in [5, 5.41) is 26.6. The van der Waals surface area contributed by atoms with E-state index in [0.29, 0.717) is 5.71 Å². The van der Waals surface area contributed by atoms with Crippen LogP contribution >= 0.6 is 11.8 Å². The van der Waals surface area contributed by atoms with E-state index in [4.69, 9.17) is 0 Å². The lowest BCUT2D eigenvalue weighted by molar-refractivity contribution is 0.0952. The lowest BCUT2D eigenvalue weighted by Crippen LogP contribution is -2.19. The van der Waals surface area contributed by atoms with Crippen LogP contribution in [0.1, 0.15) is 22.8 Å². The Morgan fingerprint density at radius 2 is 1.79 bits per heavy atom. The molecule has 1 amide bonds. The maximum absolute atomic E-state index is 12.2. The third-order valence-corrected chi connectivity index (χ3v) is 5.48. The number of para-hydroxylation sites is 1. The molecule has 0 radical (unpaired) electrons. The van der Waals surface area contributed by atoms with Crippen molar-refractivity contribution in [1.29, 1.82) is 0 Å². The van der Waals surface area contributed by atoms with Crippen LogP contribution in [-0.4, -0.2) is 21.8 Å². The van der Waals surface area contributed by atoms with Crippen molar-refractivity contribution in [3.05, 3.63) is 71.8 Å². The van der Waals surface area contributed by atoms with Crippen LogP contribution in [0, 0.1) is 0 Å². The van der Waals surface area contributed by atoms with Crippen molar-refractivity contribution in [2.24, 2.45) is 5.10 Å². The van der Waals surface area contributed by atoms with Crippen molar-refractivity contribution in [2.75, 3.05) is 5.32 Å². The molecule has 3 aromatic carbocycles. The van der Waals surface area contributed by atoms with Crippen LogP contribution in [0.5, 0.6) is 11.5 Å².